The number of benzene rings is 2. The second-order valence-corrected chi connectivity index (χ2v) is 6.06. The van der Waals surface area contributed by atoms with Crippen LogP contribution in [0, 0.1) is 0 Å². The molecule has 0 saturated carbocycles. The van der Waals surface area contributed by atoms with E-state index in [2.05, 4.69) is 5.32 Å². The number of carbonyl (C=O) groups is 2. The molecule has 0 aliphatic heterocycles. The number of ketones is 1. The van der Waals surface area contributed by atoms with Gasteiger partial charge in [0, 0.05) is 10.6 Å². The molecule has 2 rings (SSSR count). The largest absolute Gasteiger partial charge is 0.478 e. The number of para-hydroxylation sites is 1. The van der Waals surface area contributed by atoms with Gasteiger partial charge in [0.1, 0.15) is 5.75 Å². The van der Waals surface area contributed by atoms with E-state index in [0.717, 1.165) is 0 Å². The molecule has 0 radical (unpaired) electrons. The zero-order chi connectivity index (χ0) is 17.0. The molecule has 5 heteroatoms. The van der Waals surface area contributed by atoms with E-state index in [1.165, 1.54) is 6.92 Å². The molecular weight excluding hydrogens is 314 g/mol. The van der Waals surface area contributed by atoms with Gasteiger partial charge in [-0.2, -0.15) is 0 Å². The van der Waals surface area contributed by atoms with Gasteiger partial charge >= 0.3 is 0 Å². The van der Waals surface area contributed by atoms with Crippen LogP contribution in [-0.4, -0.2) is 17.3 Å². The minimum Gasteiger partial charge on any atom is -0.478 e. The molecule has 0 unspecified atom stereocenters. The van der Waals surface area contributed by atoms with E-state index in [9.17, 15) is 9.59 Å². The van der Waals surface area contributed by atoms with Crippen LogP contribution in [0.3, 0.4) is 0 Å². The van der Waals surface area contributed by atoms with Crippen molar-refractivity contribution < 1.29 is 14.3 Å². The number of hydrogen-bond acceptors (Lipinski definition) is 3. The molecule has 0 heterocycles. The van der Waals surface area contributed by atoms with Crippen LogP contribution in [-0.2, 0) is 4.79 Å². The van der Waals surface area contributed by atoms with Crippen molar-refractivity contribution in [3.8, 4) is 5.75 Å². The third kappa shape index (κ3) is 4.33. The first-order valence-electron chi connectivity index (χ1n) is 7.15. The molecule has 2 aromatic rings. The summed E-state index contributed by atoms with van der Waals surface area (Å²) in [5.41, 5.74) is -0.182. The van der Waals surface area contributed by atoms with Crippen LogP contribution >= 0.6 is 11.6 Å². The van der Waals surface area contributed by atoms with Crippen molar-refractivity contribution >= 4 is 29.0 Å². The predicted molar refractivity (Wildman–Crippen MR) is 91.2 cm³/mol. The Morgan fingerprint density at radius 3 is 2.26 bits per heavy atom. The second-order valence-electron chi connectivity index (χ2n) is 5.62. The highest BCUT2D eigenvalue weighted by atomic mass is 35.5. The van der Waals surface area contributed by atoms with Crippen LogP contribution < -0.4 is 10.1 Å². The summed E-state index contributed by atoms with van der Waals surface area (Å²) in [5, 5.41) is 3.35. The molecule has 0 atom stereocenters. The lowest BCUT2D eigenvalue weighted by atomic mass is 10.1. The quantitative estimate of drug-likeness (QED) is 0.829. The lowest BCUT2D eigenvalue weighted by Gasteiger charge is -2.25. The maximum atomic E-state index is 12.5. The Morgan fingerprint density at radius 2 is 1.65 bits per heavy atom. The van der Waals surface area contributed by atoms with Gasteiger partial charge in [0.05, 0.1) is 5.69 Å². The molecule has 2 aromatic carbocycles. The first-order valence-corrected chi connectivity index (χ1v) is 7.53. The number of anilines is 1. The van der Waals surface area contributed by atoms with Crippen LogP contribution in [0.1, 0.15) is 31.1 Å². The number of rotatable bonds is 5. The van der Waals surface area contributed by atoms with Gasteiger partial charge in [-0.1, -0.05) is 23.7 Å². The Balaban J connectivity index is 2.15. The lowest BCUT2D eigenvalue weighted by molar-refractivity contribution is -0.128. The topological polar surface area (TPSA) is 55.4 Å². The molecule has 0 fully saturated rings. The Labute approximate surface area is 140 Å². The molecule has 0 bridgehead atoms. The number of halogens is 1. The predicted octanol–water partition coefficient (Wildman–Crippen LogP) is 4.34. The highest BCUT2D eigenvalue weighted by molar-refractivity contribution is 6.30. The Kier molecular flexibility index (Phi) is 5.06. The normalized spacial score (nSPS) is 11.0. The fraction of sp³-hybridized carbons (Fsp3) is 0.222. The van der Waals surface area contributed by atoms with Crippen molar-refractivity contribution in [2.24, 2.45) is 0 Å². The van der Waals surface area contributed by atoms with Gasteiger partial charge in [-0.3, -0.25) is 9.59 Å². The minimum absolute atomic E-state index is 0.114. The fourth-order valence-corrected chi connectivity index (χ4v) is 2.14. The third-order valence-electron chi connectivity index (χ3n) is 3.29. The Bertz CT molecular complexity index is 723. The molecule has 0 saturated heterocycles. The molecule has 120 valence electrons. The van der Waals surface area contributed by atoms with E-state index in [-0.39, 0.29) is 11.7 Å². The van der Waals surface area contributed by atoms with Gasteiger partial charge in [0.15, 0.2) is 11.4 Å². The summed E-state index contributed by atoms with van der Waals surface area (Å²) >= 11 is 5.83. The van der Waals surface area contributed by atoms with Gasteiger partial charge in [0.25, 0.3) is 5.91 Å². The van der Waals surface area contributed by atoms with E-state index in [1.54, 1.807) is 62.4 Å². The summed E-state index contributed by atoms with van der Waals surface area (Å²) in [6, 6.07) is 13.6. The first kappa shape index (κ1) is 17.0. The average molecular weight is 332 g/mol. The second kappa shape index (κ2) is 6.84. The fourth-order valence-electron chi connectivity index (χ4n) is 2.02. The van der Waals surface area contributed by atoms with Gasteiger partial charge in [-0.15, -0.1) is 0 Å². The van der Waals surface area contributed by atoms with Gasteiger partial charge in [-0.05, 0) is 57.2 Å². The highest BCUT2D eigenvalue weighted by Crippen LogP contribution is 2.23. The molecule has 23 heavy (non-hydrogen) atoms. The van der Waals surface area contributed by atoms with Crippen LogP contribution in [0.25, 0.3) is 0 Å². The van der Waals surface area contributed by atoms with Crippen LogP contribution in [0.2, 0.25) is 5.02 Å². The Hall–Kier alpha value is -2.33. The molecule has 0 aromatic heterocycles. The van der Waals surface area contributed by atoms with Crippen molar-refractivity contribution in [1.82, 2.24) is 0 Å². The minimum atomic E-state index is -1.11. The smallest absolute Gasteiger partial charge is 0.267 e. The van der Waals surface area contributed by atoms with Gasteiger partial charge in [0.2, 0.25) is 0 Å². The summed E-state index contributed by atoms with van der Waals surface area (Å²) in [7, 11) is 0. The van der Waals surface area contributed by atoms with Crippen molar-refractivity contribution in [3.05, 3.63) is 59.1 Å². The molecule has 1 N–H and O–H groups in total. The van der Waals surface area contributed by atoms with E-state index < -0.39 is 5.60 Å². The first-order chi connectivity index (χ1) is 10.8. The van der Waals surface area contributed by atoms with E-state index >= 15 is 0 Å². The third-order valence-corrected chi connectivity index (χ3v) is 3.54. The maximum Gasteiger partial charge on any atom is 0.267 e. The van der Waals surface area contributed by atoms with Crippen molar-refractivity contribution in [2.75, 3.05) is 5.32 Å². The van der Waals surface area contributed by atoms with Crippen LogP contribution in [0.4, 0.5) is 5.69 Å². The van der Waals surface area contributed by atoms with E-state index in [4.69, 9.17) is 16.3 Å². The van der Waals surface area contributed by atoms with Crippen molar-refractivity contribution in [3.63, 3.8) is 0 Å². The van der Waals surface area contributed by atoms with Crippen LogP contribution in [0.15, 0.2) is 48.5 Å². The summed E-state index contributed by atoms with van der Waals surface area (Å²) in [6.45, 7) is 4.78. The van der Waals surface area contributed by atoms with E-state index in [1.807, 2.05) is 0 Å². The van der Waals surface area contributed by atoms with Gasteiger partial charge < -0.3 is 10.1 Å². The molecular formula is C18H18ClNO3. The monoisotopic (exact) mass is 331 g/mol. The Morgan fingerprint density at radius 1 is 1.04 bits per heavy atom. The zero-order valence-electron chi connectivity index (χ0n) is 13.2. The molecule has 4 nitrogen and oxygen atoms in total. The number of ether oxygens (including phenoxy) is 1. The standard InChI is InChI=1S/C18H18ClNO3/c1-12(21)15-6-4-5-7-16(15)20-17(22)18(2,3)23-14-10-8-13(19)9-11-14/h4-11H,1-3H3,(H,20,22). The van der Waals surface area contributed by atoms with Gasteiger partial charge in [-0.25, -0.2) is 0 Å². The van der Waals surface area contributed by atoms with Crippen LogP contribution in [0.5, 0.6) is 5.75 Å². The number of carbonyl (C=O) groups excluding carboxylic acids is 2. The molecule has 0 aliphatic carbocycles. The van der Waals surface area contributed by atoms with Crippen molar-refractivity contribution in [2.45, 2.75) is 26.4 Å². The summed E-state index contributed by atoms with van der Waals surface area (Å²) < 4.78 is 5.74. The SMILES string of the molecule is CC(=O)c1ccccc1NC(=O)C(C)(C)Oc1ccc(Cl)cc1. The van der Waals surface area contributed by atoms with Crippen molar-refractivity contribution in [1.29, 1.82) is 0 Å². The molecule has 1 amide bonds. The number of amides is 1. The highest BCUT2D eigenvalue weighted by Gasteiger charge is 2.30. The zero-order valence-corrected chi connectivity index (χ0v) is 14.0. The number of nitrogens with one attached hydrogen (secondary N) is 1. The average Bonchev–Trinajstić information content (AvgIpc) is 2.49. The van der Waals surface area contributed by atoms with E-state index in [0.29, 0.717) is 22.0 Å². The molecule has 0 aliphatic rings. The number of hydrogen-bond donors (Lipinski definition) is 1. The summed E-state index contributed by atoms with van der Waals surface area (Å²) in [6.07, 6.45) is 0. The maximum absolute atomic E-state index is 12.5. The lowest BCUT2D eigenvalue weighted by Crippen LogP contribution is -2.42. The molecule has 0 spiro atoms. The summed E-state index contributed by atoms with van der Waals surface area (Å²) in [5.74, 6) is 0.0767. The number of Topliss-reactive ketones (excluding diaryl/α,β-unsaturated/α-hetero) is 1. The summed E-state index contributed by atoms with van der Waals surface area (Å²) in [4.78, 5) is 24.1.